The number of hydrogen-bond acceptors (Lipinski definition) is 5. The molecule has 0 saturated heterocycles. The van der Waals surface area contributed by atoms with Crippen molar-refractivity contribution < 1.29 is 4.79 Å². The van der Waals surface area contributed by atoms with Crippen molar-refractivity contribution in [2.45, 2.75) is 17.3 Å². The lowest BCUT2D eigenvalue weighted by Crippen LogP contribution is -2.23. The Balaban J connectivity index is 1.52. The number of nitrogens with two attached hydrogens (primary N) is 1. The second kappa shape index (κ2) is 8.26. The van der Waals surface area contributed by atoms with Crippen LogP contribution in [0.15, 0.2) is 76.4 Å². The first-order valence-corrected chi connectivity index (χ1v) is 10.6. The zero-order valence-electron chi connectivity index (χ0n) is 15.5. The molecule has 0 aliphatic carbocycles. The van der Waals surface area contributed by atoms with Crippen molar-refractivity contribution in [3.05, 3.63) is 71.2 Å². The van der Waals surface area contributed by atoms with Gasteiger partial charge in [0.2, 0.25) is 11.1 Å². The van der Waals surface area contributed by atoms with Crippen LogP contribution >= 0.6 is 27.7 Å². The summed E-state index contributed by atoms with van der Waals surface area (Å²) in [6.07, 6.45) is 0. The molecule has 4 rings (SSSR count). The standard InChI is InChI=1S/C21H18BrN5OS/c1-13(20(28)24-18-12-6-8-14-7-2-3-9-15(14)18)29-21-26-25-19(27(21)23)16-10-4-5-11-17(16)22/h2-13H,23H2,1H3,(H,24,28)/t13-/m1/s1. The zero-order chi connectivity index (χ0) is 20.4. The predicted molar refractivity (Wildman–Crippen MR) is 121 cm³/mol. The van der Waals surface area contributed by atoms with Crippen molar-refractivity contribution in [2.75, 3.05) is 11.2 Å². The van der Waals surface area contributed by atoms with Crippen LogP contribution in [0.2, 0.25) is 0 Å². The summed E-state index contributed by atoms with van der Waals surface area (Å²) in [6, 6.07) is 21.4. The molecule has 146 valence electrons. The number of hydrogen-bond donors (Lipinski definition) is 2. The highest BCUT2D eigenvalue weighted by molar-refractivity contribution is 9.10. The second-order valence-corrected chi connectivity index (χ2v) is 8.59. The van der Waals surface area contributed by atoms with Gasteiger partial charge in [0.05, 0.1) is 5.25 Å². The number of halogens is 1. The molecule has 29 heavy (non-hydrogen) atoms. The number of rotatable bonds is 5. The van der Waals surface area contributed by atoms with E-state index in [0.29, 0.717) is 11.0 Å². The molecule has 4 aromatic rings. The first-order valence-electron chi connectivity index (χ1n) is 8.95. The van der Waals surface area contributed by atoms with E-state index in [1.54, 1.807) is 0 Å². The average molecular weight is 468 g/mol. The lowest BCUT2D eigenvalue weighted by atomic mass is 10.1. The van der Waals surface area contributed by atoms with E-state index >= 15 is 0 Å². The van der Waals surface area contributed by atoms with E-state index in [4.69, 9.17) is 5.84 Å². The number of fused-ring (bicyclic) bond motifs is 1. The SMILES string of the molecule is C[C@@H](Sc1nnc(-c2ccccc2Br)n1N)C(=O)Nc1cccc2ccccc12. The monoisotopic (exact) mass is 467 g/mol. The third kappa shape index (κ3) is 3.99. The highest BCUT2D eigenvalue weighted by Crippen LogP contribution is 2.30. The van der Waals surface area contributed by atoms with E-state index in [1.165, 1.54) is 16.4 Å². The van der Waals surface area contributed by atoms with E-state index in [0.717, 1.165) is 26.5 Å². The van der Waals surface area contributed by atoms with Crippen LogP contribution in [0.1, 0.15) is 6.92 Å². The molecule has 0 saturated carbocycles. The maximum atomic E-state index is 12.8. The van der Waals surface area contributed by atoms with Gasteiger partial charge in [0.1, 0.15) is 0 Å². The molecule has 0 bridgehead atoms. The third-order valence-corrected chi connectivity index (χ3v) is 6.23. The Morgan fingerprint density at radius 2 is 1.79 bits per heavy atom. The average Bonchev–Trinajstić information content (AvgIpc) is 3.08. The Bertz CT molecular complexity index is 1190. The number of nitrogens with zero attached hydrogens (tertiary/aromatic N) is 3. The quantitative estimate of drug-likeness (QED) is 0.328. The van der Waals surface area contributed by atoms with Crippen LogP contribution in [0, 0.1) is 0 Å². The van der Waals surface area contributed by atoms with Gasteiger partial charge in [-0.25, -0.2) is 4.68 Å². The van der Waals surface area contributed by atoms with E-state index in [1.807, 2.05) is 73.7 Å². The van der Waals surface area contributed by atoms with Gasteiger partial charge in [-0.05, 0) is 30.5 Å². The molecule has 0 spiro atoms. The van der Waals surface area contributed by atoms with Gasteiger partial charge >= 0.3 is 0 Å². The third-order valence-electron chi connectivity index (χ3n) is 4.48. The molecule has 0 aliphatic heterocycles. The van der Waals surface area contributed by atoms with Gasteiger partial charge in [0, 0.05) is 21.1 Å². The summed E-state index contributed by atoms with van der Waals surface area (Å²) in [4.78, 5) is 12.8. The van der Waals surface area contributed by atoms with Crippen LogP contribution in [0.4, 0.5) is 5.69 Å². The molecule has 0 unspecified atom stereocenters. The van der Waals surface area contributed by atoms with Gasteiger partial charge in [-0.1, -0.05) is 76.2 Å². The Morgan fingerprint density at radius 3 is 2.62 bits per heavy atom. The normalized spacial score (nSPS) is 12.1. The number of carbonyl (C=O) groups excluding carboxylic acids is 1. The zero-order valence-corrected chi connectivity index (χ0v) is 17.9. The maximum absolute atomic E-state index is 12.8. The minimum Gasteiger partial charge on any atom is -0.335 e. The highest BCUT2D eigenvalue weighted by Gasteiger charge is 2.21. The summed E-state index contributed by atoms with van der Waals surface area (Å²) in [6.45, 7) is 1.82. The molecular weight excluding hydrogens is 450 g/mol. The molecular formula is C21H18BrN5OS. The number of aromatic nitrogens is 3. The summed E-state index contributed by atoms with van der Waals surface area (Å²) < 4.78 is 2.28. The lowest BCUT2D eigenvalue weighted by molar-refractivity contribution is -0.115. The lowest BCUT2D eigenvalue weighted by Gasteiger charge is -2.13. The van der Waals surface area contributed by atoms with Crippen molar-refractivity contribution in [1.82, 2.24) is 14.9 Å². The Morgan fingerprint density at radius 1 is 1.07 bits per heavy atom. The molecule has 6 nitrogen and oxygen atoms in total. The van der Waals surface area contributed by atoms with Crippen molar-refractivity contribution in [3.8, 4) is 11.4 Å². The number of anilines is 1. The largest absolute Gasteiger partial charge is 0.335 e. The topological polar surface area (TPSA) is 85.8 Å². The Kier molecular flexibility index (Phi) is 5.55. The smallest absolute Gasteiger partial charge is 0.237 e. The fraction of sp³-hybridized carbons (Fsp3) is 0.0952. The molecule has 0 aliphatic rings. The first kappa shape index (κ1) is 19.5. The molecule has 3 N–H and O–H groups in total. The number of thioether (sulfide) groups is 1. The van der Waals surface area contributed by atoms with Crippen LogP contribution < -0.4 is 11.2 Å². The van der Waals surface area contributed by atoms with Gasteiger partial charge in [-0.3, -0.25) is 4.79 Å². The number of nitrogen functional groups attached to an aromatic ring is 1. The van der Waals surface area contributed by atoms with Crippen LogP contribution in [0.5, 0.6) is 0 Å². The van der Waals surface area contributed by atoms with Crippen molar-refractivity contribution in [2.24, 2.45) is 0 Å². The number of amides is 1. The maximum Gasteiger partial charge on any atom is 0.237 e. The molecule has 0 fully saturated rings. The molecule has 3 aromatic carbocycles. The fourth-order valence-electron chi connectivity index (χ4n) is 2.96. The van der Waals surface area contributed by atoms with Gasteiger partial charge in [0.15, 0.2) is 5.82 Å². The van der Waals surface area contributed by atoms with E-state index in [-0.39, 0.29) is 5.91 Å². The molecule has 1 aromatic heterocycles. The first-order chi connectivity index (χ1) is 14.0. The Hall–Kier alpha value is -2.84. The fourth-order valence-corrected chi connectivity index (χ4v) is 4.20. The van der Waals surface area contributed by atoms with Crippen LogP contribution in [0.3, 0.4) is 0 Å². The molecule has 0 radical (unpaired) electrons. The summed E-state index contributed by atoms with van der Waals surface area (Å²) in [5, 5.41) is 13.5. The van der Waals surface area contributed by atoms with Gasteiger partial charge in [-0.2, -0.15) is 0 Å². The Labute approximate surface area is 180 Å². The summed E-state index contributed by atoms with van der Waals surface area (Å²) in [5.41, 5.74) is 1.62. The van der Waals surface area contributed by atoms with Crippen LogP contribution in [0.25, 0.3) is 22.2 Å². The number of benzene rings is 3. The highest BCUT2D eigenvalue weighted by atomic mass is 79.9. The molecule has 8 heteroatoms. The minimum absolute atomic E-state index is 0.128. The van der Waals surface area contributed by atoms with Gasteiger partial charge in [-0.15, -0.1) is 10.2 Å². The second-order valence-electron chi connectivity index (χ2n) is 6.43. The number of carbonyl (C=O) groups is 1. The van der Waals surface area contributed by atoms with E-state index in [2.05, 4.69) is 31.4 Å². The van der Waals surface area contributed by atoms with Crippen molar-refractivity contribution >= 4 is 50.1 Å². The van der Waals surface area contributed by atoms with Crippen molar-refractivity contribution in [1.29, 1.82) is 0 Å². The summed E-state index contributed by atoms with van der Waals surface area (Å²) in [5.74, 6) is 6.60. The molecule has 1 heterocycles. The van der Waals surface area contributed by atoms with Crippen LogP contribution in [-0.2, 0) is 4.79 Å². The summed E-state index contributed by atoms with van der Waals surface area (Å²) in [7, 11) is 0. The molecule has 1 amide bonds. The summed E-state index contributed by atoms with van der Waals surface area (Å²) >= 11 is 4.76. The van der Waals surface area contributed by atoms with E-state index in [9.17, 15) is 4.79 Å². The van der Waals surface area contributed by atoms with Gasteiger partial charge < -0.3 is 11.2 Å². The van der Waals surface area contributed by atoms with Gasteiger partial charge in [0.25, 0.3) is 0 Å². The van der Waals surface area contributed by atoms with Crippen LogP contribution in [-0.4, -0.2) is 26.0 Å². The molecule has 1 atom stereocenters. The number of nitrogens with one attached hydrogen (secondary N) is 1. The minimum atomic E-state index is -0.410. The van der Waals surface area contributed by atoms with E-state index < -0.39 is 5.25 Å². The predicted octanol–water partition coefficient (Wildman–Crippen LogP) is 4.69. The van der Waals surface area contributed by atoms with Crippen molar-refractivity contribution in [3.63, 3.8) is 0 Å².